The Morgan fingerprint density at radius 1 is 1.38 bits per heavy atom. The summed E-state index contributed by atoms with van der Waals surface area (Å²) in [6.07, 6.45) is 2.60. The predicted molar refractivity (Wildman–Crippen MR) is 59.0 cm³/mol. The van der Waals surface area contributed by atoms with Crippen LogP contribution in [0.5, 0.6) is 0 Å². The number of benzene rings is 1. The first-order valence-corrected chi connectivity index (χ1v) is 4.99. The Kier molecular flexibility index (Phi) is 3.00. The van der Waals surface area contributed by atoms with Crippen molar-refractivity contribution in [2.24, 2.45) is 0 Å². The van der Waals surface area contributed by atoms with Crippen molar-refractivity contribution >= 4 is 23.2 Å². The van der Waals surface area contributed by atoms with Gasteiger partial charge in [-0.25, -0.2) is 0 Å². The fourth-order valence-corrected chi connectivity index (χ4v) is 1.59. The van der Waals surface area contributed by atoms with Crippen LogP contribution >= 0.6 is 0 Å². The third-order valence-corrected chi connectivity index (χ3v) is 2.36. The van der Waals surface area contributed by atoms with Gasteiger partial charge in [-0.3, -0.25) is 9.59 Å². The normalized spacial score (nSPS) is 10.2. The molecular weight excluding hydrogens is 206 g/mol. The van der Waals surface area contributed by atoms with Gasteiger partial charge in [0.1, 0.15) is 5.58 Å². The van der Waals surface area contributed by atoms with Crippen LogP contribution in [-0.4, -0.2) is 18.7 Å². The highest BCUT2D eigenvalue weighted by Gasteiger charge is 2.05. The molecule has 0 radical (unpaired) electrons. The van der Waals surface area contributed by atoms with Gasteiger partial charge < -0.3 is 9.73 Å². The van der Waals surface area contributed by atoms with Crippen molar-refractivity contribution in [1.82, 2.24) is 5.32 Å². The molecule has 4 heteroatoms. The van der Waals surface area contributed by atoms with E-state index in [0.717, 1.165) is 16.5 Å². The summed E-state index contributed by atoms with van der Waals surface area (Å²) in [5.41, 5.74) is 1.86. The zero-order valence-electron chi connectivity index (χ0n) is 8.60. The Morgan fingerprint density at radius 3 is 3.00 bits per heavy atom. The van der Waals surface area contributed by atoms with Gasteiger partial charge in [0.15, 0.2) is 0 Å². The van der Waals surface area contributed by atoms with E-state index < -0.39 is 5.91 Å². The SMILES string of the molecule is O=CC(=O)NCCc1coc2ccccc12. The number of hydrogen-bond donors (Lipinski definition) is 1. The maximum atomic E-state index is 10.7. The third kappa shape index (κ3) is 2.11. The zero-order chi connectivity index (χ0) is 11.4. The highest BCUT2D eigenvalue weighted by molar-refractivity contribution is 6.23. The van der Waals surface area contributed by atoms with Gasteiger partial charge >= 0.3 is 0 Å². The number of rotatable bonds is 4. The lowest BCUT2D eigenvalue weighted by Crippen LogP contribution is -2.26. The minimum atomic E-state index is -0.590. The molecule has 1 aromatic heterocycles. The van der Waals surface area contributed by atoms with Crippen molar-refractivity contribution in [3.63, 3.8) is 0 Å². The smallest absolute Gasteiger partial charge is 0.284 e. The van der Waals surface area contributed by atoms with Crippen LogP contribution in [0.3, 0.4) is 0 Å². The van der Waals surface area contributed by atoms with Crippen molar-refractivity contribution in [3.05, 3.63) is 36.1 Å². The van der Waals surface area contributed by atoms with E-state index in [1.54, 1.807) is 6.26 Å². The number of amides is 1. The summed E-state index contributed by atoms with van der Waals surface area (Å²) in [4.78, 5) is 20.8. The summed E-state index contributed by atoms with van der Waals surface area (Å²) in [5, 5.41) is 3.53. The average Bonchev–Trinajstić information content (AvgIpc) is 2.73. The number of fused-ring (bicyclic) bond motifs is 1. The number of furan rings is 1. The van der Waals surface area contributed by atoms with Crippen LogP contribution in [-0.2, 0) is 16.0 Å². The van der Waals surface area contributed by atoms with Crippen LogP contribution in [0, 0.1) is 0 Å². The van der Waals surface area contributed by atoms with Crippen molar-refractivity contribution in [2.45, 2.75) is 6.42 Å². The number of hydrogen-bond acceptors (Lipinski definition) is 3. The lowest BCUT2D eigenvalue weighted by atomic mass is 10.1. The monoisotopic (exact) mass is 217 g/mol. The first-order valence-electron chi connectivity index (χ1n) is 4.99. The van der Waals surface area contributed by atoms with Crippen LogP contribution in [0.4, 0.5) is 0 Å². The second kappa shape index (κ2) is 4.61. The highest BCUT2D eigenvalue weighted by atomic mass is 16.3. The molecule has 0 fully saturated rings. The molecule has 0 bridgehead atoms. The molecule has 0 aliphatic rings. The van der Waals surface area contributed by atoms with Crippen molar-refractivity contribution in [2.75, 3.05) is 6.54 Å². The number of carbonyl (C=O) groups is 2. The molecule has 1 amide bonds. The maximum Gasteiger partial charge on any atom is 0.284 e. The van der Waals surface area contributed by atoms with Crippen LogP contribution in [0.25, 0.3) is 11.0 Å². The summed E-state index contributed by atoms with van der Waals surface area (Å²) < 4.78 is 5.35. The number of aldehydes is 1. The Bertz CT molecular complexity index is 516. The van der Waals surface area contributed by atoms with E-state index in [1.807, 2.05) is 24.3 Å². The standard InChI is InChI=1S/C12H11NO3/c14-7-12(15)13-6-5-9-8-16-11-4-2-1-3-10(9)11/h1-4,7-8H,5-6H2,(H,13,15). The molecule has 82 valence electrons. The maximum absolute atomic E-state index is 10.7. The molecule has 0 aliphatic carbocycles. The van der Waals surface area contributed by atoms with E-state index in [4.69, 9.17) is 4.42 Å². The first-order chi connectivity index (χ1) is 7.81. The molecule has 0 spiro atoms. The van der Waals surface area contributed by atoms with Gasteiger partial charge in [-0.2, -0.15) is 0 Å². The number of nitrogens with one attached hydrogen (secondary N) is 1. The minimum absolute atomic E-state index is 0.271. The van der Waals surface area contributed by atoms with Crippen LogP contribution in [0.1, 0.15) is 5.56 Å². The summed E-state index contributed by atoms with van der Waals surface area (Å²) in [6, 6.07) is 7.70. The lowest BCUT2D eigenvalue weighted by Gasteiger charge is -1.99. The van der Waals surface area contributed by atoms with E-state index in [-0.39, 0.29) is 6.29 Å². The van der Waals surface area contributed by atoms with Crippen LogP contribution in [0.15, 0.2) is 34.9 Å². The van der Waals surface area contributed by atoms with Crippen molar-refractivity contribution in [1.29, 1.82) is 0 Å². The number of para-hydroxylation sites is 1. The van der Waals surface area contributed by atoms with Crippen molar-refractivity contribution in [3.8, 4) is 0 Å². The molecule has 0 aliphatic heterocycles. The Balaban J connectivity index is 2.04. The molecular formula is C12H11NO3. The summed E-state index contributed by atoms with van der Waals surface area (Å²) >= 11 is 0. The number of carbonyl (C=O) groups excluding carboxylic acids is 2. The van der Waals surface area contributed by atoms with E-state index >= 15 is 0 Å². The third-order valence-electron chi connectivity index (χ3n) is 2.36. The van der Waals surface area contributed by atoms with Gasteiger partial charge in [0.05, 0.1) is 6.26 Å². The van der Waals surface area contributed by atoms with Gasteiger partial charge in [-0.15, -0.1) is 0 Å². The van der Waals surface area contributed by atoms with E-state index in [9.17, 15) is 9.59 Å². The molecule has 1 N–H and O–H groups in total. The van der Waals surface area contributed by atoms with Crippen molar-refractivity contribution < 1.29 is 14.0 Å². The Hall–Kier alpha value is -2.10. The van der Waals surface area contributed by atoms with Gasteiger partial charge in [0.2, 0.25) is 6.29 Å². The predicted octanol–water partition coefficient (Wildman–Crippen LogP) is 1.29. The second-order valence-electron chi connectivity index (χ2n) is 3.42. The molecule has 1 heterocycles. The zero-order valence-corrected chi connectivity index (χ0v) is 8.60. The molecule has 0 saturated heterocycles. The molecule has 0 atom stereocenters. The molecule has 0 unspecified atom stereocenters. The topological polar surface area (TPSA) is 59.3 Å². The molecule has 2 rings (SSSR count). The fraction of sp³-hybridized carbons (Fsp3) is 0.167. The van der Waals surface area contributed by atoms with E-state index in [2.05, 4.69) is 5.32 Å². The molecule has 2 aromatic rings. The molecule has 4 nitrogen and oxygen atoms in total. The van der Waals surface area contributed by atoms with Gasteiger partial charge in [0.25, 0.3) is 5.91 Å². The minimum Gasteiger partial charge on any atom is -0.464 e. The fourth-order valence-electron chi connectivity index (χ4n) is 1.59. The van der Waals surface area contributed by atoms with Gasteiger partial charge in [-0.1, -0.05) is 18.2 Å². The summed E-state index contributed by atoms with van der Waals surface area (Å²) in [7, 11) is 0. The Morgan fingerprint density at radius 2 is 2.19 bits per heavy atom. The van der Waals surface area contributed by atoms with Gasteiger partial charge in [0, 0.05) is 11.9 Å². The quantitative estimate of drug-likeness (QED) is 0.620. The lowest BCUT2D eigenvalue weighted by molar-refractivity contribution is -0.131. The molecule has 1 aromatic carbocycles. The van der Waals surface area contributed by atoms with E-state index in [1.165, 1.54) is 0 Å². The summed E-state index contributed by atoms with van der Waals surface area (Å²) in [5.74, 6) is -0.590. The second-order valence-corrected chi connectivity index (χ2v) is 3.42. The average molecular weight is 217 g/mol. The van der Waals surface area contributed by atoms with Gasteiger partial charge in [-0.05, 0) is 18.1 Å². The highest BCUT2D eigenvalue weighted by Crippen LogP contribution is 2.20. The van der Waals surface area contributed by atoms with Crippen LogP contribution in [0.2, 0.25) is 0 Å². The largest absolute Gasteiger partial charge is 0.464 e. The first kappa shape index (κ1) is 10.4. The Labute approximate surface area is 92.2 Å². The summed E-state index contributed by atoms with van der Waals surface area (Å²) in [6.45, 7) is 0.432. The molecule has 0 saturated carbocycles. The molecule has 16 heavy (non-hydrogen) atoms. The van der Waals surface area contributed by atoms with E-state index in [0.29, 0.717) is 13.0 Å². The van der Waals surface area contributed by atoms with Crippen LogP contribution < -0.4 is 5.32 Å².